The minimum absolute atomic E-state index is 0.215. The molecule has 1 saturated carbocycles. The Morgan fingerprint density at radius 2 is 2.11 bits per heavy atom. The highest BCUT2D eigenvalue weighted by Crippen LogP contribution is 2.38. The summed E-state index contributed by atoms with van der Waals surface area (Å²) in [5.74, 6) is -1.35. The van der Waals surface area contributed by atoms with Gasteiger partial charge in [0.2, 0.25) is 5.91 Å². The molecule has 0 aliphatic heterocycles. The Hall–Kier alpha value is -2.30. The van der Waals surface area contributed by atoms with Gasteiger partial charge in [0, 0.05) is 5.39 Å². The second-order valence-corrected chi connectivity index (χ2v) is 4.76. The third-order valence-corrected chi connectivity index (χ3v) is 3.36. The minimum Gasteiger partial charge on any atom is -0.481 e. The number of hydrogen-bond acceptors (Lipinski definition) is 3. The van der Waals surface area contributed by atoms with Gasteiger partial charge in [-0.25, -0.2) is 0 Å². The van der Waals surface area contributed by atoms with Crippen LogP contribution in [0.3, 0.4) is 0 Å². The Bertz CT molecular complexity index is 613. The molecule has 2 N–H and O–H groups in total. The normalized spacial score (nSPS) is 21.3. The van der Waals surface area contributed by atoms with Crippen LogP contribution in [-0.4, -0.2) is 17.0 Å². The van der Waals surface area contributed by atoms with E-state index in [1.165, 1.54) is 0 Å². The van der Waals surface area contributed by atoms with Gasteiger partial charge in [0.1, 0.15) is 11.3 Å². The molecule has 2 aromatic rings. The summed E-state index contributed by atoms with van der Waals surface area (Å²) in [6, 6.07) is 9.47. The van der Waals surface area contributed by atoms with Crippen molar-refractivity contribution in [1.29, 1.82) is 0 Å². The van der Waals surface area contributed by atoms with Crippen LogP contribution in [0.5, 0.6) is 0 Å². The fourth-order valence-corrected chi connectivity index (χ4v) is 2.19. The summed E-state index contributed by atoms with van der Waals surface area (Å²) < 4.78 is 5.56. The molecule has 19 heavy (non-hydrogen) atoms. The number of furan rings is 1. The third kappa shape index (κ3) is 2.31. The molecule has 5 nitrogen and oxygen atoms in total. The van der Waals surface area contributed by atoms with Crippen molar-refractivity contribution >= 4 is 22.8 Å². The number of amides is 1. The Kier molecular flexibility index (Phi) is 2.74. The van der Waals surface area contributed by atoms with E-state index in [0.717, 1.165) is 11.0 Å². The summed E-state index contributed by atoms with van der Waals surface area (Å²) in [5, 5.41) is 12.5. The fraction of sp³-hybridized carbons (Fsp3) is 0.286. The van der Waals surface area contributed by atoms with Gasteiger partial charge in [-0.3, -0.25) is 9.59 Å². The second-order valence-electron chi connectivity index (χ2n) is 4.76. The van der Waals surface area contributed by atoms with Gasteiger partial charge in [-0.2, -0.15) is 0 Å². The molecule has 0 radical (unpaired) electrons. The topological polar surface area (TPSA) is 79.5 Å². The lowest BCUT2D eigenvalue weighted by atomic mass is 10.2. The van der Waals surface area contributed by atoms with Crippen molar-refractivity contribution in [3.63, 3.8) is 0 Å². The quantitative estimate of drug-likeness (QED) is 0.877. The SMILES string of the molecule is O=C(O)C1CC1C(=O)NCc1cc2ccccc2o1. The number of aliphatic carboxylic acids is 1. The summed E-state index contributed by atoms with van der Waals surface area (Å²) in [4.78, 5) is 22.4. The highest BCUT2D eigenvalue weighted by Gasteiger charge is 2.48. The van der Waals surface area contributed by atoms with Crippen LogP contribution in [0.15, 0.2) is 34.7 Å². The molecule has 1 amide bonds. The number of para-hydroxylation sites is 1. The van der Waals surface area contributed by atoms with Gasteiger partial charge in [0.05, 0.1) is 18.4 Å². The molecular formula is C14H13NO4. The van der Waals surface area contributed by atoms with Gasteiger partial charge in [-0.15, -0.1) is 0 Å². The average Bonchev–Trinajstić information content (AvgIpc) is 3.09. The molecule has 0 spiro atoms. The lowest BCUT2D eigenvalue weighted by Crippen LogP contribution is -2.25. The van der Waals surface area contributed by atoms with E-state index in [1.54, 1.807) is 0 Å². The van der Waals surface area contributed by atoms with Crippen LogP contribution in [0.25, 0.3) is 11.0 Å². The first-order valence-electron chi connectivity index (χ1n) is 6.13. The first kappa shape index (κ1) is 11.8. The van der Waals surface area contributed by atoms with Crippen molar-refractivity contribution in [1.82, 2.24) is 5.32 Å². The number of carbonyl (C=O) groups excluding carboxylic acids is 1. The Morgan fingerprint density at radius 1 is 1.32 bits per heavy atom. The molecular weight excluding hydrogens is 246 g/mol. The van der Waals surface area contributed by atoms with E-state index in [0.29, 0.717) is 12.2 Å². The maximum Gasteiger partial charge on any atom is 0.307 e. The summed E-state index contributed by atoms with van der Waals surface area (Å²) in [6.07, 6.45) is 0.432. The zero-order valence-corrected chi connectivity index (χ0v) is 10.1. The summed E-state index contributed by atoms with van der Waals surface area (Å²) in [6.45, 7) is 0.288. The van der Waals surface area contributed by atoms with Crippen molar-refractivity contribution in [2.45, 2.75) is 13.0 Å². The van der Waals surface area contributed by atoms with Crippen LogP contribution in [0.4, 0.5) is 0 Å². The van der Waals surface area contributed by atoms with E-state index in [9.17, 15) is 9.59 Å². The van der Waals surface area contributed by atoms with Gasteiger partial charge in [-0.1, -0.05) is 18.2 Å². The van der Waals surface area contributed by atoms with Crippen molar-refractivity contribution in [2.75, 3.05) is 0 Å². The second kappa shape index (κ2) is 4.42. The number of carbonyl (C=O) groups is 2. The van der Waals surface area contributed by atoms with E-state index in [1.807, 2.05) is 30.3 Å². The first-order chi connectivity index (χ1) is 9.15. The van der Waals surface area contributed by atoms with Gasteiger partial charge < -0.3 is 14.8 Å². The molecule has 2 unspecified atom stereocenters. The van der Waals surface area contributed by atoms with E-state index in [-0.39, 0.29) is 18.4 Å². The predicted octanol–water partition coefficient (Wildman–Crippen LogP) is 1.77. The molecule has 2 atom stereocenters. The molecule has 1 aromatic carbocycles. The molecule has 1 aromatic heterocycles. The summed E-state index contributed by atoms with van der Waals surface area (Å²) >= 11 is 0. The van der Waals surface area contributed by atoms with Crippen LogP contribution in [-0.2, 0) is 16.1 Å². The summed E-state index contributed by atoms with van der Waals surface area (Å²) in [5.41, 5.74) is 0.779. The highest BCUT2D eigenvalue weighted by atomic mass is 16.4. The fourth-order valence-electron chi connectivity index (χ4n) is 2.19. The van der Waals surface area contributed by atoms with Crippen molar-refractivity contribution in [2.24, 2.45) is 11.8 Å². The molecule has 98 valence electrons. The van der Waals surface area contributed by atoms with E-state index < -0.39 is 11.9 Å². The first-order valence-corrected chi connectivity index (χ1v) is 6.13. The zero-order chi connectivity index (χ0) is 13.4. The number of carboxylic acids is 1. The Labute approximate surface area is 109 Å². The van der Waals surface area contributed by atoms with Gasteiger partial charge in [-0.05, 0) is 18.6 Å². The molecule has 1 heterocycles. The van der Waals surface area contributed by atoms with Crippen LogP contribution in [0, 0.1) is 11.8 Å². The lowest BCUT2D eigenvalue weighted by Gasteiger charge is -2.01. The van der Waals surface area contributed by atoms with E-state index >= 15 is 0 Å². The minimum atomic E-state index is -0.899. The number of carboxylic acid groups (broad SMARTS) is 1. The molecule has 0 bridgehead atoms. The maximum atomic E-state index is 11.7. The largest absolute Gasteiger partial charge is 0.481 e. The highest BCUT2D eigenvalue weighted by molar-refractivity contribution is 5.89. The van der Waals surface area contributed by atoms with Gasteiger partial charge >= 0.3 is 5.97 Å². The monoisotopic (exact) mass is 259 g/mol. The van der Waals surface area contributed by atoms with Crippen LogP contribution >= 0.6 is 0 Å². The van der Waals surface area contributed by atoms with Crippen LogP contribution in [0.2, 0.25) is 0 Å². The van der Waals surface area contributed by atoms with Crippen LogP contribution in [0.1, 0.15) is 12.2 Å². The van der Waals surface area contributed by atoms with Gasteiger partial charge in [0.15, 0.2) is 0 Å². The van der Waals surface area contributed by atoms with Crippen molar-refractivity contribution in [3.8, 4) is 0 Å². The number of hydrogen-bond donors (Lipinski definition) is 2. The Balaban J connectivity index is 1.60. The van der Waals surface area contributed by atoms with Crippen molar-refractivity contribution in [3.05, 3.63) is 36.1 Å². The third-order valence-electron chi connectivity index (χ3n) is 3.36. The maximum absolute atomic E-state index is 11.7. The molecule has 3 rings (SSSR count). The van der Waals surface area contributed by atoms with E-state index in [4.69, 9.17) is 9.52 Å². The number of rotatable bonds is 4. The van der Waals surface area contributed by atoms with Gasteiger partial charge in [0.25, 0.3) is 0 Å². The molecule has 1 aliphatic rings. The number of nitrogens with one attached hydrogen (secondary N) is 1. The predicted molar refractivity (Wildman–Crippen MR) is 67.3 cm³/mol. The Morgan fingerprint density at radius 3 is 2.79 bits per heavy atom. The number of benzene rings is 1. The molecule has 1 fully saturated rings. The summed E-state index contributed by atoms with van der Waals surface area (Å²) in [7, 11) is 0. The molecule has 5 heteroatoms. The molecule has 1 aliphatic carbocycles. The van der Waals surface area contributed by atoms with Crippen molar-refractivity contribution < 1.29 is 19.1 Å². The molecule has 0 saturated heterocycles. The lowest BCUT2D eigenvalue weighted by molar-refractivity contribution is -0.140. The number of fused-ring (bicyclic) bond motifs is 1. The standard InChI is InChI=1S/C14H13NO4/c16-13(10-6-11(10)14(17)18)15-7-9-5-8-3-1-2-4-12(8)19-9/h1-5,10-11H,6-7H2,(H,15,16)(H,17,18). The average molecular weight is 259 g/mol. The zero-order valence-electron chi connectivity index (χ0n) is 10.1. The van der Waals surface area contributed by atoms with E-state index in [2.05, 4.69) is 5.32 Å². The smallest absolute Gasteiger partial charge is 0.307 e. The van der Waals surface area contributed by atoms with Crippen LogP contribution < -0.4 is 5.32 Å².